The number of hydrogen-bond acceptors (Lipinski definition) is 3. The highest BCUT2D eigenvalue weighted by atomic mass is 35.5. The summed E-state index contributed by atoms with van der Waals surface area (Å²) >= 11 is 5.81. The van der Waals surface area contributed by atoms with Crippen LogP contribution in [0.5, 0.6) is 0 Å². The zero-order valence-electron chi connectivity index (χ0n) is 18.8. The molecular formula is C26H31ClN2O3S. The quantitative estimate of drug-likeness (QED) is 0.356. The molecule has 0 radical (unpaired) electrons. The Balaban J connectivity index is 0.000000357. The van der Waals surface area contributed by atoms with E-state index in [1.165, 1.54) is 18.4 Å². The highest BCUT2D eigenvalue weighted by molar-refractivity contribution is 7.83. The van der Waals surface area contributed by atoms with Crippen molar-refractivity contribution in [1.82, 2.24) is 10.0 Å². The van der Waals surface area contributed by atoms with Crippen LogP contribution in [0, 0.1) is 0 Å². The van der Waals surface area contributed by atoms with Crippen LogP contribution in [0.3, 0.4) is 0 Å². The lowest BCUT2D eigenvalue weighted by molar-refractivity contribution is 0.0951. The lowest BCUT2D eigenvalue weighted by atomic mass is 10.1. The maximum atomic E-state index is 12.1. The van der Waals surface area contributed by atoms with E-state index in [9.17, 15) is 9.00 Å². The van der Waals surface area contributed by atoms with Gasteiger partial charge in [-0.2, -0.15) is 0 Å². The third-order valence-corrected chi connectivity index (χ3v) is 6.01. The molecule has 1 unspecified atom stereocenters. The molecule has 5 nitrogen and oxygen atoms in total. The van der Waals surface area contributed by atoms with Crippen molar-refractivity contribution >= 4 is 28.5 Å². The number of rotatable bonds is 10. The minimum Gasteiger partial charge on any atom is -0.396 e. The number of amides is 1. The molecule has 3 aromatic carbocycles. The van der Waals surface area contributed by atoms with Gasteiger partial charge in [-0.15, -0.1) is 0 Å². The predicted octanol–water partition coefficient (Wildman–Crippen LogP) is 4.90. The Morgan fingerprint density at radius 2 is 1.61 bits per heavy atom. The van der Waals surface area contributed by atoms with Crippen molar-refractivity contribution in [2.24, 2.45) is 0 Å². The third kappa shape index (κ3) is 10.3. The summed E-state index contributed by atoms with van der Waals surface area (Å²) < 4.78 is 15.0. The molecule has 0 saturated heterocycles. The molecule has 0 fully saturated rings. The standard InChI is InChI=1S/C17H19ClN2O3S.C9H12/c18-15-6-8-16(9-7-15)24(23)20-12-13-2-4-14(5-3-13)17(22)19-10-1-11-21;1-2-6-9-7-4-3-5-8-9/h2-9,20-21H,1,10-12H2,(H,19,22);3-5,7-8H,2,6H2,1H3. The minimum atomic E-state index is -1.32. The van der Waals surface area contributed by atoms with Crippen molar-refractivity contribution < 1.29 is 14.1 Å². The molecule has 176 valence electrons. The van der Waals surface area contributed by atoms with E-state index in [2.05, 4.69) is 47.3 Å². The lowest BCUT2D eigenvalue weighted by Crippen LogP contribution is -2.25. The van der Waals surface area contributed by atoms with Gasteiger partial charge >= 0.3 is 0 Å². The number of benzene rings is 3. The molecule has 3 rings (SSSR count). The van der Waals surface area contributed by atoms with Crippen molar-refractivity contribution in [2.75, 3.05) is 13.2 Å². The smallest absolute Gasteiger partial charge is 0.251 e. The van der Waals surface area contributed by atoms with E-state index in [0.717, 1.165) is 5.56 Å². The van der Waals surface area contributed by atoms with Crippen LogP contribution in [0.1, 0.15) is 41.3 Å². The highest BCUT2D eigenvalue weighted by Crippen LogP contribution is 2.12. The topological polar surface area (TPSA) is 78.4 Å². The Kier molecular flexibility index (Phi) is 12.4. The summed E-state index contributed by atoms with van der Waals surface area (Å²) in [5, 5.41) is 12.0. The molecule has 1 amide bonds. The Labute approximate surface area is 203 Å². The highest BCUT2D eigenvalue weighted by Gasteiger charge is 2.06. The molecule has 1 atom stereocenters. The molecule has 0 aromatic heterocycles. The number of nitrogens with one attached hydrogen (secondary N) is 2. The number of halogens is 1. The van der Waals surface area contributed by atoms with Crippen LogP contribution in [0.2, 0.25) is 5.02 Å². The Morgan fingerprint density at radius 1 is 0.939 bits per heavy atom. The van der Waals surface area contributed by atoms with Gasteiger partial charge in [0.15, 0.2) is 0 Å². The fourth-order valence-electron chi connectivity index (χ4n) is 2.88. The number of aliphatic hydroxyl groups is 1. The molecular weight excluding hydrogens is 456 g/mol. The first-order chi connectivity index (χ1) is 16.0. The van der Waals surface area contributed by atoms with Crippen LogP contribution in [0.25, 0.3) is 0 Å². The number of carbonyl (C=O) groups is 1. The van der Waals surface area contributed by atoms with E-state index in [-0.39, 0.29) is 12.5 Å². The molecule has 0 aliphatic heterocycles. The zero-order chi connectivity index (χ0) is 23.9. The Morgan fingerprint density at radius 3 is 2.21 bits per heavy atom. The van der Waals surface area contributed by atoms with Crippen molar-refractivity contribution in [1.29, 1.82) is 0 Å². The molecule has 3 N–H and O–H groups in total. The fourth-order valence-corrected chi connectivity index (χ4v) is 3.85. The maximum absolute atomic E-state index is 12.1. The van der Waals surface area contributed by atoms with Gasteiger partial charge in [0, 0.05) is 30.3 Å². The minimum absolute atomic E-state index is 0.0512. The summed E-state index contributed by atoms with van der Waals surface area (Å²) in [4.78, 5) is 12.5. The van der Waals surface area contributed by atoms with Gasteiger partial charge < -0.3 is 10.4 Å². The summed E-state index contributed by atoms with van der Waals surface area (Å²) in [6.45, 7) is 3.11. The summed E-state index contributed by atoms with van der Waals surface area (Å²) in [6.07, 6.45) is 2.98. The lowest BCUT2D eigenvalue weighted by Gasteiger charge is -2.07. The largest absolute Gasteiger partial charge is 0.396 e. The van der Waals surface area contributed by atoms with Crippen LogP contribution >= 0.6 is 11.6 Å². The number of carbonyl (C=O) groups excluding carboxylic acids is 1. The normalized spacial score (nSPS) is 11.2. The van der Waals surface area contributed by atoms with Gasteiger partial charge in [0.25, 0.3) is 5.91 Å². The van der Waals surface area contributed by atoms with Gasteiger partial charge in [0.1, 0.15) is 11.0 Å². The monoisotopic (exact) mass is 486 g/mol. The van der Waals surface area contributed by atoms with E-state index in [4.69, 9.17) is 16.7 Å². The summed E-state index contributed by atoms with van der Waals surface area (Å²) in [5.74, 6) is -0.173. The van der Waals surface area contributed by atoms with Gasteiger partial charge in [0.05, 0.1) is 4.90 Å². The SMILES string of the molecule is CCCc1ccccc1.O=C(NCCCO)c1ccc(CNS(=O)c2ccc(Cl)cc2)cc1. The van der Waals surface area contributed by atoms with Gasteiger partial charge in [-0.3, -0.25) is 4.79 Å². The zero-order valence-corrected chi connectivity index (χ0v) is 20.4. The molecule has 0 spiro atoms. The predicted molar refractivity (Wildman–Crippen MR) is 136 cm³/mol. The van der Waals surface area contributed by atoms with Gasteiger partial charge in [-0.1, -0.05) is 67.4 Å². The first kappa shape index (κ1) is 26.7. The van der Waals surface area contributed by atoms with E-state index in [1.807, 2.05) is 12.1 Å². The summed E-state index contributed by atoms with van der Waals surface area (Å²) in [5.41, 5.74) is 2.92. The second-order valence-electron chi connectivity index (χ2n) is 7.31. The fraction of sp³-hybridized carbons (Fsp3) is 0.269. The number of aryl methyl sites for hydroxylation is 1. The van der Waals surface area contributed by atoms with E-state index < -0.39 is 11.0 Å². The molecule has 33 heavy (non-hydrogen) atoms. The molecule has 3 aromatic rings. The second-order valence-corrected chi connectivity index (χ2v) is 9.04. The molecule has 0 bridgehead atoms. The van der Waals surface area contributed by atoms with Gasteiger partial charge in [-0.05, 0) is 60.4 Å². The van der Waals surface area contributed by atoms with E-state index in [0.29, 0.717) is 35.0 Å². The average molecular weight is 487 g/mol. The van der Waals surface area contributed by atoms with Crippen LogP contribution in [-0.2, 0) is 24.0 Å². The van der Waals surface area contributed by atoms with Crippen molar-refractivity contribution in [3.63, 3.8) is 0 Å². The molecule has 0 saturated carbocycles. The van der Waals surface area contributed by atoms with Crippen LogP contribution < -0.4 is 10.0 Å². The molecule has 0 aliphatic carbocycles. The van der Waals surface area contributed by atoms with Gasteiger partial charge in [0.2, 0.25) is 0 Å². The third-order valence-electron chi connectivity index (χ3n) is 4.65. The van der Waals surface area contributed by atoms with Crippen LogP contribution in [0.15, 0.2) is 83.8 Å². The first-order valence-corrected chi connectivity index (χ1v) is 12.5. The van der Waals surface area contributed by atoms with E-state index in [1.54, 1.807) is 36.4 Å². The average Bonchev–Trinajstić information content (AvgIpc) is 2.85. The second kappa shape index (κ2) is 15.3. The molecule has 0 heterocycles. The van der Waals surface area contributed by atoms with Crippen LogP contribution in [0.4, 0.5) is 0 Å². The van der Waals surface area contributed by atoms with Gasteiger partial charge in [-0.25, -0.2) is 8.93 Å². The van der Waals surface area contributed by atoms with Crippen LogP contribution in [-0.4, -0.2) is 28.4 Å². The summed E-state index contributed by atoms with van der Waals surface area (Å²) in [7, 11) is -1.32. The van der Waals surface area contributed by atoms with E-state index >= 15 is 0 Å². The Hall–Kier alpha value is -2.51. The number of aliphatic hydroxyl groups excluding tert-OH is 1. The first-order valence-electron chi connectivity index (χ1n) is 11.0. The van der Waals surface area contributed by atoms with Crippen molar-refractivity contribution in [2.45, 2.75) is 37.6 Å². The van der Waals surface area contributed by atoms with Crippen molar-refractivity contribution in [3.05, 3.63) is 101 Å². The molecule has 0 aliphatic rings. The van der Waals surface area contributed by atoms with Crippen molar-refractivity contribution in [3.8, 4) is 0 Å². The maximum Gasteiger partial charge on any atom is 0.251 e. The Bertz CT molecular complexity index is 981. The summed E-state index contributed by atoms with van der Waals surface area (Å²) in [6, 6.07) is 24.5. The molecule has 7 heteroatoms. The number of hydrogen-bond donors (Lipinski definition) is 3.